The monoisotopic (exact) mass is 202 g/mol. The standard InChI is InChI=1S/C11H10N2O2/c1-8(14)13-9(6-12)7-15-11-5-3-2-4-10(11)13/h2-5,9H,7H2,1H3. The van der Waals surface area contributed by atoms with E-state index < -0.39 is 6.04 Å². The number of nitrogens with zero attached hydrogens (tertiary/aromatic N) is 2. The van der Waals surface area contributed by atoms with Crippen molar-refractivity contribution in [3.63, 3.8) is 0 Å². The minimum absolute atomic E-state index is 0.141. The molecular weight excluding hydrogens is 192 g/mol. The molecule has 76 valence electrons. The number of carbonyl (C=O) groups excluding carboxylic acids is 1. The van der Waals surface area contributed by atoms with Crippen molar-refractivity contribution in [3.05, 3.63) is 24.3 Å². The van der Waals surface area contributed by atoms with Gasteiger partial charge in [0.25, 0.3) is 0 Å². The summed E-state index contributed by atoms with van der Waals surface area (Å²) in [6.07, 6.45) is 0. The maximum atomic E-state index is 11.5. The van der Waals surface area contributed by atoms with Crippen molar-refractivity contribution in [1.82, 2.24) is 0 Å². The highest BCUT2D eigenvalue weighted by atomic mass is 16.5. The Hall–Kier alpha value is -2.02. The van der Waals surface area contributed by atoms with Crippen LogP contribution in [-0.4, -0.2) is 18.6 Å². The fourth-order valence-electron chi connectivity index (χ4n) is 1.67. The molecular formula is C11H10N2O2. The van der Waals surface area contributed by atoms with Gasteiger partial charge in [0.05, 0.1) is 11.8 Å². The number of para-hydroxylation sites is 2. The molecule has 4 heteroatoms. The number of rotatable bonds is 0. The third kappa shape index (κ3) is 1.52. The lowest BCUT2D eigenvalue weighted by atomic mass is 10.1. The van der Waals surface area contributed by atoms with Crippen LogP contribution in [0.2, 0.25) is 0 Å². The summed E-state index contributed by atoms with van der Waals surface area (Å²) in [6, 6.07) is 8.75. The molecule has 15 heavy (non-hydrogen) atoms. The van der Waals surface area contributed by atoms with E-state index in [4.69, 9.17) is 10.00 Å². The van der Waals surface area contributed by atoms with Crippen LogP contribution < -0.4 is 9.64 Å². The summed E-state index contributed by atoms with van der Waals surface area (Å²) < 4.78 is 5.39. The molecule has 1 heterocycles. The molecule has 0 radical (unpaired) electrons. The van der Waals surface area contributed by atoms with Gasteiger partial charge in [0, 0.05) is 6.92 Å². The Morgan fingerprint density at radius 2 is 2.33 bits per heavy atom. The first-order valence-corrected chi connectivity index (χ1v) is 4.65. The third-order valence-corrected chi connectivity index (χ3v) is 2.32. The lowest BCUT2D eigenvalue weighted by molar-refractivity contribution is -0.117. The van der Waals surface area contributed by atoms with Crippen molar-refractivity contribution >= 4 is 11.6 Å². The molecule has 1 aliphatic rings. The predicted molar refractivity (Wildman–Crippen MR) is 54.5 cm³/mol. The number of hydrogen-bond donors (Lipinski definition) is 0. The van der Waals surface area contributed by atoms with Gasteiger partial charge in [0.1, 0.15) is 12.4 Å². The van der Waals surface area contributed by atoms with Gasteiger partial charge >= 0.3 is 0 Å². The topological polar surface area (TPSA) is 53.3 Å². The molecule has 1 amide bonds. The third-order valence-electron chi connectivity index (χ3n) is 2.32. The molecule has 0 fully saturated rings. The Balaban J connectivity index is 2.48. The van der Waals surface area contributed by atoms with Gasteiger partial charge in [-0.05, 0) is 12.1 Å². The summed E-state index contributed by atoms with van der Waals surface area (Å²) in [7, 11) is 0. The Morgan fingerprint density at radius 3 is 3.00 bits per heavy atom. The number of ether oxygens (including phenoxy) is 1. The van der Waals surface area contributed by atoms with Gasteiger partial charge in [-0.3, -0.25) is 9.69 Å². The van der Waals surface area contributed by atoms with Gasteiger partial charge in [-0.25, -0.2) is 0 Å². The molecule has 4 nitrogen and oxygen atoms in total. The molecule has 1 aliphatic heterocycles. The lowest BCUT2D eigenvalue weighted by Gasteiger charge is -2.32. The van der Waals surface area contributed by atoms with E-state index >= 15 is 0 Å². The van der Waals surface area contributed by atoms with Crippen molar-refractivity contribution in [2.45, 2.75) is 13.0 Å². The van der Waals surface area contributed by atoms with E-state index in [-0.39, 0.29) is 12.5 Å². The van der Waals surface area contributed by atoms with Crippen LogP contribution in [0.4, 0.5) is 5.69 Å². The number of fused-ring (bicyclic) bond motifs is 1. The van der Waals surface area contributed by atoms with Gasteiger partial charge in [0.2, 0.25) is 5.91 Å². The molecule has 0 aliphatic carbocycles. The number of amides is 1. The molecule has 2 rings (SSSR count). The number of benzene rings is 1. The van der Waals surface area contributed by atoms with Crippen LogP contribution in [0.5, 0.6) is 5.75 Å². The van der Waals surface area contributed by atoms with E-state index in [9.17, 15) is 4.79 Å². The molecule has 1 unspecified atom stereocenters. The molecule has 0 bridgehead atoms. The number of hydrogen-bond acceptors (Lipinski definition) is 3. The van der Waals surface area contributed by atoms with Crippen molar-refractivity contribution in [2.24, 2.45) is 0 Å². The summed E-state index contributed by atoms with van der Waals surface area (Å²) >= 11 is 0. The Morgan fingerprint density at radius 1 is 1.60 bits per heavy atom. The van der Waals surface area contributed by atoms with E-state index in [0.29, 0.717) is 11.4 Å². The molecule has 0 aromatic heterocycles. The second-order valence-electron chi connectivity index (χ2n) is 3.31. The highest BCUT2D eigenvalue weighted by Gasteiger charge is 2.29. The van der Waals surface area contributed by atoms with E-state index in [1.807, 2.05) is 12.1 Å². The van der Waals surface area contributed by atoms with Crippen LogP contribution >= 0.6 is 0 Å². The SMILES string of the molecule is CC(=O)N1c2ccccc2OCC1C#N. The molecule has 0 saturated heterocycles. The maximum Gasteiger partial charge on any atom is 0.225 e. The molecule has 1 aromatic carbocycles. The van der Waals surface area contributed by atoms with Crippen molar-refractivity contribution in [3.8, 4) is 11.8 Å². The van der Waals surface area contributed by atoms with Gasteiger partial charge in [-0.1, -0.05) is 12.1 Å². The van der Waals surface area contributed by atoms with Crippen LogP contribution in [0.15, 0.2) is 24.3 Å². The minimum Gasteiger partial charge on any atom is -0.488 e. The van der Waals surface area contributed by atoms with Gasteiger partial charge in [0.15, 0.2) is 6.04 Å². The number of nitriles is 1. The summed E-state index contributed by atoms with van der Waals surface area (Å²) in [4.78, 5) is 12.9. The zero-order chi connectivity index (χ0) is 10.8. The quantitative estimate of drug-likeness (QED) is 0.637. The first kappa shape index (κ1) is 9.53. The molecule has 0 N–H and O–H groups in total. The van der Waals surface area contributed by atoms with Crippen LogP contribution in [0, 0.1) is 11.3 Å². The number of carbonyl (C=O) groups is 1. The van der Waals surface area contributed by atoms with E-state index in [1.165, 1.54) is 11.8 Å². The van der Waals surface area contributed by atoms with E-state index in [2.05, 4.69) is 6.07 Å². The van der Waals surface area contributed by atoms with Crippen LogP contribution in [-0.2, 0) is 4.79 Å². The predicted octanol–water partition coefficient (Wildman–Crippen LogP) is 1.32. The normalized spacial score (nSPS) is 18.7. The van der Waals surface area contributed by atoms with Crippen molar-refractivity contribution < 1.29 is 9.53 Å². The van der Waals surface area contributed by atoms with Gasteiger partial charge < -0.3 is 4.74 Å². The fourth-order valence-corrected chi connectivity index (χ4v) is 1.67. The molecule has 1 atom stereocenters. The second-order valence-corrected chi connectivity index (χ2v) is 3.31. The highest BCUT2D eigenvalue weighted by Crippen LogP contribution is 2.33. The molecule has 0 saturated carbocycles. The van der Waals surface area contributed by atoms with Crippen molar-refractivity contribution in [2.75, 3.05) is 11.5 Å². The first-order chi connectivity index (χ1) is 7.24. The zero-order valence-corrected chi connectivity index (χ0v) is 8.30. The van der Waals surface area contributed by atoms with Crippen molar-refractivity contribution in [1.29, 1.82) is 5.26 Å². The van der Waals surface area contributed by atoms with E-state index in [1.54, 1.807) is 12.1 Å². The average molecular weight is 202 g/mol. The maximum absolute atomic E-state index is 11.5. The Bertz CT molecular complexity index is 436. The number of anilines is 1. The Labute approximate surface area is 87.7 Å². The van der Waals surface area contributed by atoms with E-state index in [0.717, 1.165) is 0 Å². The lowest BCUT2D eigenvalue weighted by Crippen LogP contribution is -2.44. The molecule has 0 spiro atoms. The highest BCUT2D eigenvalue weighted by molar-refractivity contribution is 5.94. The zero-order valence-electron chi connectivity index (χ0n) is 8.30. The van der Waals surface area contributed by atoms with Crippen LogP contribution in [0.1, 0.15) is 6.92 Å². The van der Waals surface area contributed by atoms with Gasteiger partial charge in [-0.15, -0.1) is 0 Å². The van der Waals surface area contributed by atoms with Crippen LogP contribution in [0.25, 0.3) is 0 Å². The first-order valence-electron chi connectivity index (χ1n) is 4.65. The fraction of sp³-hybridized carbons (Fsp3) is 0.273. The second kappa shape index (κ2) is 3.62. The average Bonchev–Trinajstić information content (AvgIpc) is 2.27. The minimum atomic E-state index is -0.530. The Kier molecular flexibility index (Phi) is 2.30. The largest absolute Gasteiger partial charge is 0.488 e. The summed E-state index contributed by atoms with van der Waals surface area (Å²) in [6.45, 7) is 1.68. The van der Waals surface area contributed by atoms with Crippen LogP contribution in [0.3, 0.4) is 0 Å². The summed E-state index contributed by atoms with van der Waals surface area (Å²) in [5.41, 5.74) is 0.669. The summed E-state index contributed by atoms with van der Waals surface area (Å²) in [5, 5.41) is 8.91. The van der Waals surface area contributed by atoms with Gasteiger partial charge in [-0.2, -0.15) is 5.26 Å². The summed E-state index contributed by atoms with van der Waals surface area (Å²) in [5.74, 6) is 0.511. The molecule has 1 aromatic rings. The smallest absolute Gasteiger partial charge is 0.225 e.